The van der Waals surface area contributed by atoms with Crippen molar-refractivity contribution in [3.05, 3.63) is 83.4 Å². The van der Waals surface area contributed by atoms with Crippen LogP contribution in [0.2, 0.25) is 0 Å². The maximum absolute atomic E-state index is 5.22. The second kappa shape index (κ2) is 7.14. The third-order valence-electron chi connectivity index (χ3n) is 5.19. The van der Waals surface area contributed by atoms with Gasteiger partial charge in [0.15, 0.2) is 0 Å². The molecule has 1 saturated carbocycles. The Kier molecular flexibility index (Phi) is 4.56. The number of aryl methyl sites for hydroxylation is 1. The van der Waals surface area contributed by atoms with Crippen LogP contribution >= 0.6 is 0 Å². The zero-order valence-corrected chi connectivity index (χ0v) is 14.7. The number of hydrogen-bond acceptors (Lipinski definition) is 1. The fourth-order valence-corrected chi connectivity index (χ4v) is 3.61. The van der Waals surface area contributed by atoms with Crippen LogP contribution in [0.1, 0.15) is 30.4 Å². The van der Waals surface area contributed by atoms with Crippen molar-refractivity contribution >= 4 is 16.8 Å². The van der Waals surface area contributed by atoms with Gasteiger partial charge >= 0.3 is 0 Å². The van der Waals surface area contributed by atoms with Crippen LogP contribution in [0.15, 0.2) is 72.3 Å². The first-order chi connectivity index (χ1) is 12.3. The molecular formula is C24H24O. The number of hydrogen-bond donors (Lipinski definition) is 0. The Hall–Kier alpha value is -2.54. The predicted molar refractivity (Wildman–Crippen MR) is 106 cm³/mol. The summed E-state index contributed by atoms with van der Waals surface area (Å²) in [6.07, 6.45) is 7.39. The predicted octanol–water partition coefficient (Wildman–Crippen LogP) is 6.27. The topological polar surface area (TPSA) is 9.23 Å². The van der Waals surface area contributed by atoms with Crippen LogP contribution in [0, 0.1) is 5.92 Å². The lowest BCUT2D eigenvalue weighted by Crippen LogP contribution is -1.88. The van der Waals surface area contributed by atoms with Crippen molar-refractivity contribution in [3.8, 4) is 5.75 Å². The van der Waals surface area contributed by atoms with E-state index < -0.39 is 0 Å². The molecule has 0 aliphatic heterocycles. The van der Waals surface area contributed by atoms with Crippen LogP contribution in [0.4, 0.5) is 0 Å². The lowest BCUT2D eigenvalue weighted by Gasteiger charge is -2.03. The quantitative estimate of drug-likeness (QED) is 0.518. The molecule has 1 heteroatoms. The Morgan fingerprint density at radius 1 is 0.960 bits per heavy atom. The highest BCUT2D eigenvalue weighted by molar-refractivity contribution is 5.91. The van der Waals surface area contributed by atoms with E-state index in [2.05, 4.69) is 72.8 Å². The highest BCUT2D eigenvalue weighted by atomic mass is 16.5. The van der Waals surface area contributed by atoms with Gasteiger partial charge in [-0.05, 0) is 65.6 Å². The van der Waals surface area contributed by atoms with Gasteiger partial charge in [0, 0.05) is 0 Å². The first-order valence-corrected chi connectivity index (χ1v) is 9.14. The van der Waals surface area contributed by atoms with E-state index in [1.54, 1.807) is 12.7 Å². The molecule has 0 heterocycles. The average molecular weight is 328 g/mol. The highest BCUT2D eigenvalue weighted by Crippen LogP contribution is 2.43. The Morgan fingerprint density at radius 3 is 2.60 bits per heavy atom. The van der Waals surface area contributed by atoms with Crippen molar-refractivity contribution in [1.29, 1.82) is 0 Å². The van der Waals surface area contributed by atoms with Crippen LogP contribution in [0.5, 0.6) is 5.75 Å². The van der Waals surface area contributed by atoms with Gasteiger partial charge in [-0.3, -0.25) is 0 Å². The molecule has 3 aromatic rings. The average Bonchev–Trinajstić information content (AvgIpc) is 3.40. The second-order valence-electron chi connectivity index (χ2n) is 6.93. The maximum Gasteiger partial charge on any atom is 0.118 e. The van der Waals surface area contributed by atoms with Crippen molar-refractivity contribution in [2.75, 3.05) is 7.11 Å². The first-order valence-electron chi connectivity index (χ1n) is 9.14. The standard InChI is InChI=1S/C24H24O/c1-25-23-14-12-18(13-15-23)6-4-9-20-16-22(20)17-21-10-5-8-19-7-2-3-11-24(19)21/h2-3,5,7-8,10-15,17,20H,4,6,9,16H2,1H3/b22-17+. The van der Waals surface area contributed by atoms with Crippen LogP contribution < -0.4 is 4.74 Å². The normalized spacial score (nSPS) is 17.8. The number of benzene rings is 3. The van der Waals surface area contributed by atoms with E-state index >= 15 is 0 Å². The van der Waals surface area contributed by atoms with E-state index in [0.29, 0.717) is 0 Å². The summed E-state index contributed by atoms with van der Waals surface area (Å²) in [5, 5.41) is 2.69. The second-order valence-corrected chi connectivity index (χ2v) is 6.93. The summed E-state index contributed by atoms with van der Waals surface area (Å²) in [6, 6.07) is 23.7. The van der Waals surface area contributed by atoms with Crippen LogP contribution in [-0.4, -0.2) is 7.11 Å². The zero-order chi connectivity index (χ0) is 17.1. The molecule has 0 spiro atoms. The third-order valence-corrected chi connectivity index (χ3v) is 5.19. The van der Waals surface area contributed by atoms with Gasteiger partial charge in [-0.2, -0.15) is 0 Å². The number of rotatable bonds is 6. The van der Waals surface area contributed by atoms with Crippen molar-refractivity contribution in [1.82, 2.24) is 0 Å². The van der Waals surface area contributed by atoms with Gasteiger partial charge in [0.2, 0.25) is 0 Å². The summed E-state index contributed by atoms with van der Waals surface area (Å²) in [5.41, 5.74) is 4.39. The molecule has 25 heavy (non-hydrogen) atoms. The summed E-state index contributed by atoms with van der Waals surface area (Å²) in [7, 11) is 1.71. The maximum atomic E-state index is 5.22. The van der Waals surface area contributed by atoms with E-state index in [-0.39, 0.29) is 0 Å². The molecule has 0 amide bonds. The minimum Gasteiger partial charge on any atom is -0.497 e. The molecule has 1 nitrogen and oxygen atoms in total. The Morgan fingerprint density at radius 2 is 1.76 bits per heavy atom. The van der Waals surface area contributed by atoms with Crippen LogP contribution in [0.3, 0.4) is 0 Å². The molecule has 1 unspecified atom stereocenters. The molecule has 0 radical (unpaired) electrons. The molecule has 126 valence electrons. The molecular weight excluding hydrogens is 304 g/mol. The van der Waals surface area contributed by atoms with Gasteiger partial charge in [0.05, 0.1) is 7.11 Å². The Balaban J connectivity index is 1.34. The lowest BCUT2D eigenvalue weighted by molar-refractivity contribution is 0.414. The molecule has 1 fully saturated rings. The summed E-state index contributed by atoms with van der Waals surface area (Å²) < 4.78 is 5.22. The number of allylic oxidation sites excluding steroid dienone is 1. The minimum atomic E-state index is 0.789. The molecule has 1 atom stereocenters. The lowest BCUT2D eigenvalue weighted by atomic mass is 10.0. The Bertz CT molecular complexity index is 884. The van der Waals surface area contributed by atoms with E-state index in [1.165, 1.54) is 41.2 Å². The summed E-state index contributed by atoms with van der Waals surface area (Å²) in [6.45, 7) is 0. The summed E-state index contributed by atoms with van der Waals surface area (Å²) >= 11 is 0. The highest BCUT2D eigenvalue weighted by Gasteiger charge is 2.28. The van der Waals surface area contributed by atoms with Crippen LogP contribution in [0.25, 0.3) is 16.8 Å². The number of methoxy groups -OCH3 is 1. The Labute approximate surface area is 150 Å². The van der Waals surface area contributed by atoms with E-state index in [4.69, 9.17) is 4.74 Å². The monoisotopic (exact) mass is 328 g/mol. The van der Waals surface area contributed by atoms with Gasteiger partial charge in [0.25, 0.3) is 0 Å². The van der Waals surface area contributed by atoms with Gasteiger partial charge in [-0.1, -0.05) is 66.2 Å². The largest absolute Gasteiger partial charge is 0.497 e. The summed E-state index contributed by atoms with van der Waals surface area (Å²) in [5.74, 6) is 1.73. The number of fused-ring (bicyclic) bond motifs is 1. The van der Waals surface area contributed by atoms with Crippen molar-refractivity contribution < 1.29 is 4.74 Å². The molecule has 0 saturated heterocycles. The minimum absolute atomic E-state index is 0.789. The van der Waals surface area contributed by atoms with Gasteiger partial charge < -0.3 is 4.74 Å². The van der Waals surface area contributed by atoms with E-state index in [1.807, 2.05) is 0 Å². The molecule has 3 aromatic carbocycles. The zero-order valence-electron chi connectivity index (χ0n) is 14.7. The van der Waals surface area contributed by atoms with Crippen molar-refractivity contribution in [2.24, 2.45) is 5.92 Å². The van der Waals surface area contributed by atoms with Gasteiger partial charge in [-0.25, -0.2) is 0 Å². The van der Waals surface area contributed by atoms with E-state index in [0.717, 1.165) is 18.1 Å². The third kappa shape index (κ3) is 3.76. The fourth-order valence-electron chi connectivity index (χ4n) is 3.61. The van der Waals surface area contributed by atoms with E-state index in [9.17, 15) is 0 Å². The van der Waals surface area contributed by atoms with Crippen molar-refractivity contribution in [3.63, 3.8) is 0 Å². The fraction of sp³-hybridized carbons (Fsp3) is 0.250. The van der Waals surface area contributed by atoms with Gasteiger partial charge in [-0.15, -0.1) is 0 Å². The molecule has 0 aromatic heterocycles. The molecule has 1 aliphatic carbocycles. The summed E-state index contributed by atoms with van der Waals surface area (Å²) in [4.78, 5) is 0. The SMILES string of the molecule is COc1ccc(CCCC2C/C2=C\c2cccc3ccccc23)cc1. The molecule has 4 rings (SSSR count). The first kappa shape index (κ1) is 16.0. The van der Waals surface area contributed by atoms with Crippen molar-refractivity contribution in [2.45, 2.75) is 25.7 Å². The smallest absolute Gasteiger partial charge is 0.118 e. The molecule has 0 N–H and O–H groups in total. The molecule has 1 aliphatic rings. The molecule has 0 bridgehead atoms. The van der Waals surface area contributed by atoms with Gasteiger partial charge in [0.1, 0.15) is 5.75 Å². The van der Waals surface area contributed by atoms with Crippen LogP contribution in [-0.2, 0) is 6.42 Å². The number of ether oxygens (including phenoxy) is 1.